The molecule has 0 radical (unpaired) electrons. The molecule has 1 aliphatic carbocycles. The zero-order chi connectivity index (χ0) is 30.5. The predicted octanol–water partition coefficient (Wildman–Crippen LogP) is 4.00. The number of amides is 2. The van der Waals surface area contributed by atoms with Gasteiger partial charge in [0.2, 0.25) is 11.8 Å². The molecule has 0 saturated heterocycles. The molecule has 1 unspecified atom stereocenters. The van der Waals surface area contributed by atoms with E-state index in [-0.39, 0.29) is 17.7 Å². The molecule has 2 amide bonds. The van der Waals surface area contributed by atoms with Gasteiger partial charge < -0.3 is 30.6 Å². The van der Waals surface area contributed by atoms with Crippen molar-refractivity contribution in [3.05, 3.63) is 35.9 Å². The summed E-state index contributed by atoms with van der Waals surface area (Å²) in [4.78, 5) is 44.2. The first-order valence-corrected chi connectivity index (χ1v) is 11.7. The third-order valence-corrected chi connectivity index (χ3v) is 4.88. The van der Waals surface area contributed by atoms with Crippen molar-refractivity contribution in [3.8, 4) is 0 Å². The van der Waals surface area contributed by atoms with Crippen LogP contribution in [0.2, 0.25) is 0 Å². The second kappa shape index (κ2) is 27.8. The first-order chi connectivity index (χ1) is 18.8. The molecular formula is C24H37F6N3O6. The summed E-state index contributed by atoms with van der Waals surface area (Å²) in [5, 5.41) is 5.59. The average molecular weight is 578 g/mol. The molecule has 1 fully saturated rings. The molecule has 0 aliphatic heterocycles. The van der Waals surface area contributed by atoms with Gasteiger partial charge in [-0.1, -0.05) is 44.2 Å². The Hall–Kier alpha value is -3.20. The quantitative estimate of drug-likeness (QED) is 0.163. The number of nitrogens with two attached hydrogens (primary N) is 1. The number of nitrogens with one attached hydrogen (secondary N) is 2. The highest BCUT2D eigenvalue weighted by atomic mass is 20.0. The van der Waals surface area contributed by atoms with Crippen molar-refractivity contribution in [3.63, 3.8) is 0 Å². The van der Waals surface area contributed by atoms with Gasteiger partial charge in [0.25, 0.3) is 6.47 Å². The van der Waals surface area contributed by atoms with Crippen LogP contribution in [-0.4, -0.2) is 55.9 Å². The molecule has 0 spiro atoms. The van der Waals surface area contributed by atoms with Gasteiger partial charge >= 0.3 is 0 Å². The van der Waals surface area contributed by atoms with E-state index in [9.17, 15) is 19.2 Å². The van der Waals surface area contributed by atoms with Crippen molar-refractivity contribution >= 4 is 24.6 Å². The smallest absolute Gasteiger partial charge is 0.293 e. The lowest BCUT2D eigenvalue weighted by molar-refractivity contribution is -0.130. The molecule has 4 N–H and O–H groups in total. The van der Waals surface area contributed by atoms with Crippen molar-refractivity contribution in [1.29, 1.82) is 0 Å². The van der Waals surface area contributed by atoms with Crippen LogP contribution in [0, 0.1) is 5.92 Å². The Bertz CT molecular complexity index is 746. The van der Waals surface area contributed by atoms with Gasteiger partial charge in [-0.3, -0.25) is 14.4 Å². The Balaban J connectivity index is -0.000000671. The Morgan fingerprint density at radius 3 is 2.10 bits per heavy atom. The van der Waals surface area contributed by atoms with E-state index >= 15 is 0 Å². The maximum Gasteiger partial charge on any atom is 0.293 e. The van der Waals surface area contributed by atoms with Crippen LogP contribution in [-0.2, 0) is 35.3 Å². The number of rotatable bonds is 15. The molecule has 1 aliphatic rings. The Morgan fingerprint density at radius 1 is 1.03 bits per heavy atom. The number of aldehydes is 1. The third kappa shape index (κ3) is 22.5. The summed E-state index contributed by atoms with van der Waals surface area (Å²) in [5.41, 5.74) is 6.10. The van der Waals surface area contributed by atoms with Crippen LogP contribution < -0.4 is 16.4 Å². The van der Waals surface area contributed by atoms with Gasteiger partial charge in [0, 0.05) is 47.0 Å². The highest BCUT2D eigenvalue weighted by Gasteiger charge is 2.46. The number of ether oxygens (including phenoxy) is 2. The summed E-state index contributed by atoms with van der Waals surface area (Å²) in [7, 11) is 0. The zero-order valence-corrected chi connectivity index (χ0v) is 21.9. The lowest BCUT2D eigenvalue weighted by Gasteiger charge is -2.22. The minimum Gasteiger partial charge on any atom is -0.463 e. The molecule has 1 atom stereocenters. The fourth-order valence-corrected chi connectivity index (χ4v) is 2.81. The largest absolute Gasteiger partial charge is 0.463 e. The molecule has 0 bridgehead atoms. The van der Waals surface area contributed by atoms with E-state index in [1.54, 1.807) is 0 Å². The minimum absolute atomic E-state index is 0.191. The molecule has 1 aromatic carbocycles. The number of hydrogen-bond donors (Lipinski definition) is 3. The Labute approximate surface area is 223 Å². The van der Waals surface area contributed by atoms with E-state index in [0.717, 1.165) is 11.8 Å². The highest BCUT2D eigenvalue weighted by molar-refractivity contribution is 5.93. The summed E-state index contributed by atoms with van der Waals surface area (Å²) >= 11 is 0. The van der Waals surface area contributed by atoms with E-state index in [1.807, 2.05) is 44.2 Å². The normalized spacial score (nSPS) is 12.6. The summed E-state index contributed by atoms with van der Waals surface area (Å²) in [6, 6.07) is 8.99. The van der Waals surface area contributed by atoms with E-state index in [1.165, 1.54) is 0 Å². The number of halogens is 6. The summed E-state index contributed by atoms with van der Waals surface area (Å²) in [6.07, 6.45) is 3.78. The monoisotopic (exact) mass is 577 g/mol. The first-order valence-electron chi connectivity index (χ1n) is 11.7. The molecule has 2 rings (SSSR count). The van der Waals surface area contributed by atoms with Gasteiger partial charge in [0.15, 0.2) is 0 Å². The first kappa shape index (κ1) is 40.3. The van der Waals surface area contributed by atoms with Gasteiger partial charge in [-0.2, -0.15) is 0 Å². The zero-order valence-electron chi connectivity index (χ0n) is 21.9. The lowest BCUT2D eigenvalue weighted by Crippen LogP contribution is -2.53. The summed E-state index contributed by atoms with van der Waals surface area (Å²) < 4.78 is 57.8. The van der Waals surface area contributed by atoms with Crippen LogP contribution in [0.3, 0.4) is 0 Å². The molecule has 15 heteroatoms. The van der Waals surface area contributed by atoms with Crippen LogP contribution in [0.5, 0.6) is 0 Å². The number of carbonyl (C=O) groups is 4. The Kier molecular flexibility index (Phi) is 28.8. The number of benzene rings is 1. The third-order valence-electron chi connectivity index (χ3n) is 4.88. The average Bonchev–Trinajstić information content (AvgIpc) is 3.73. The van der Waals surface area contributed by atoms with Crippen LogP contribution in [0.4, 0.5) is 27.4 Å². The molecule has 0 heterocycles. The van der Waals surface area contributed by atoms with Crippen LogP contribution in [0.1, 0.15) is 51.5 Å². The van der Waals surface area contributed by atoms with Crippen molar-refractivity contribution in [2.24, 2.45) is 11.7 Å². The molecule has 0 aromatic heterocycles. The molecule has 1 aromatic rings. The molecule has 39 heavy (non-hydrogen) atoms. The van der Waals surface area contributed by atoms with Gasteiger partial charge in [0.05, 0.1) is 12.1 Å². The lowest BCUT2D eigenvalue weighted by atomic mass is 10.0. The second-order valence-electron chi connectivity index (χ2n) is 8.42. The molecule has 9 nitrogen and oxygen atoms in total. The molecular weight excluding hydrogens is 540 g/mol. The van der Waals surface area contributed by atoms with Gasteiger partial charge in [-0.15, -0.1) is 0 Å². The van der Waals surface area contributed by atoms with Crippen LogP contribution in [0.25, 0.3) is 0 Å². The topological polar surface area (TPSA) is 137 Å². The molecule has 1 saturated carbocycles. The number of carbonyl (C=O) groups excluding carboxylic acids is 4. The summed E-state index contributed by atoms with van der Waals surface area (Å²) in [6.45, 7) is 6.18. The van der Waals surface area contributed by atoms with Gasteiger partial charge in [-0.25, -0.2) is 0 Å². The van der Waals surface area contributed by atoms with Crippen LogP contribution in [0.15, 0.2) is 30.3 Å². The van der Waals surface area contributed by atoms with Crippen molar-refractivity contribution < 1.29 is 56.1 Å². The number of hydrogen-bond acceptors (Lipinski definition) is 7. The maximum absolute atomic E-state index is 12.2. The standard InChI is InChI=1S/C16H29N3O4.C8H8O2.3F2/c1-12(2)11-13(19-15(22)16(17)5-6-16)14(21)18-7-3-9-23-10-4-8-20;9-7-10-6-8-4-2-1-3-5-8;3*1-2/h8,12-13H,3-7,9-11,17H2,1-2H3,(H,18,21)(H,19,22);1-5,7H,6H2;;;. The maximum atomic E-state index is 12.2. The minimum atomic E-state index is -0.776. The summed E-state index contributed by atoms with van der Waals surface area (Å²) in [5.74, 6) is -0.148. The van der Waals surface area contributed by atoms with E-state index in [0.29, 0.717) is 64.9 Å². The van der Waals surface area contributed by atoms with E-state index in [4.69, 9.17) is 37.9 Å². The van der Waals surface area contributed by atoms with Crippen LogP contribution >= 0.6 is 0 Å². The molecule has 226 valence electrons. The van der Waals surface area contributed by atoms with E-state index < -0.39 is 11.6 Å². The second-order valence-corrected chi connectivity index (χ2v) is 8.42. The SMILES string of the molecule is CC(C)CC(NC(=O)C1(N)CC1)C(=O)NCCCOCCC=O.FF.FF.FF.O=COCc1ccccc1. The Morgan fingerprint density at radius 2 is 1.62 bits per heavy atom. The van der Waals surface area contributed by atoms with Crippen molar-refractivity contribution in [2.75, 3.05) is 19.8 Å². The van der Waals surface area contributed by atoms with Crippen molar-refractivity contribution in [2.45, 2.75) is 64.1 Å². The van der Waals surface area contributed by atoms with Gasteiger partial charge in [-0.05, 0) is 37.2 Å². The van der Waals surface area contributed by atoms with Crippen molar-refractivity contribution in [1.82, 2.24) is 10.6 Å². The van der Waals surface area contributed by atoms with E-state index in [2.05, 4.69) is 15.4 Å². The predicted molar refractivity (Wildman–Crippen MR) is 131 cm³/mol. The fraction of sp³-hybridized carbons (Fsp3) is 0.583. The highest BCUT2D eigenvalue weighted by Crippen LogP contribution is 2.32. The fourth-order valence-electron chi connectivity index (χ4n) is 2.81. The van der Waals surface area contributed by atoms with Gasteiger partial charge in [0.1, 0.15) is 18.9 Å².